The minimum atomic E-state index is -1.01. The minimum absolute atomic E-state index is 0.290. The first-order valence-corrected chi connectivity index (χ1v) is 6.66. The molecule has 3 N–H and O–H groups in total. The van der Waals surface area contributed by atoms with Crippen LogP contribution in [-0.2, 0) is 9.59 Å². The molecule has 2 atom stereocenters. The zero-order chi connectivity index (χ0) is 12.1. The van der Waals surface area contributed by atoms with Gasteiger partial charge in [0.2, 0.25) is 5.91 Å². The number of aliphatic carboxylic acids is 1. The van der Waals surface area contributed by atoms with Crippen molar-refractivity contribution in [3.63, 3.8) is 0 Å². The third kappa shape index (κ3) is 3.64. The summed E-state index contributed by atoms with van der Waals surface area (Å²) in [5.74, 6) is -0.942. The average Bonchev–Trinajstić information content (AvgIpc) is 2.64. The quantitative estimate of drug-likeness (QED) is 0.605. The first kappa shape index (κ1) is 13.2. The number of carbonyl (C=O) groups excluding carboxylic acids is 1. The number of carbonyl (C=O) groups is 2. The summed E-state index contributed by atoms with van der Waals surface area (Å²) in [4.78, 5) is 23.2. The van der Waals surface area contributed by atoms with Crippen LogP contribution in [0.3, 0.4) is 0 Å². The lowest BCUT2D eigenvalue weighted by Crippen LogP contribution is -2.49. The highest BCUT2D eigenvalue weighted by Crippen LogP contribution is 2.08. The lowest BCUT2D eigenvalue weighted by atomic mass is 10.2. The molecule has 0 radical (unpaired) electrons. The number of rotatable bonds is 5. The van der Waals surface area contributed by atoms with Gasteiger partial charge < -0.3 is 15.7 Å². The molecule has 90 valence electrons. The van der Waals surface area contributed by atoms with E-state index in [0.29, 0.717) is 23.6 Å². The summed E-state index contributed by atoms with van der Waals surface area (Å²) in [6, 6.07) is -1.21. The van der Waals surface area contributed by atoms with Crippen LogP contribution in [0.2, 0.25) is 0 Å². The fraction of sp³-hybridized carbons (Fsp3) is 0.667. The summed E-state index contributed by atoms with van der Waals surface area (Å²) in [7, 11) is 0. The number of carboxylic acid groups (broad SMARTS) is 1. The molecule has 0 aromatic rings. The maximum atomic E-state index is 11.7. The highest BCUT2D eigenvalue weighted by atomic mass is 32.2. The molecule has 1 aliphatic heterocycles. The predicted octanol–water partition coefficient (Wildman–Crippen LogP) is -0.00180. The molecule has 0 bridgehead atoms. The molecule has 0 aliphatic carbocycles. The van der Waals surface area contributed by atoms with E-state index < -0.39 is 12.0 Å². The molecule has 1 amide bonds. The van der Waals surface area contributed by atoms with Crippen molar-refractivity contribution in [3.05, 3.63) is 0 Å². The number of thiocarbonyl (C=S) groups is 1. The van der Waals surface area contributed by atoms with Crippen molar-refractivity contribution in [2.24, 2.45) is 0 Å². The summed E-state index contributed by atoms with van der Waals surface area (Å²) in [5, 5.41) is 14.2. The molecule has 1 rings (SSSR count). The Hall–Kier alpha value is -0.820. The van der Waals surface area contributed by atoms with Crippen LogP contribution in [0.1, 0.15) is 12.8 Å². The zero-order valence-electron chi connectivity index (χ0n) is 8.86. The van der Waals surface area contributed by atoms with E-state index >= 15 is 0 Å². The molecule has 7 heteroatoms. The molecule has 0 aromatic carbocycles. The maximum absolute atomic E-state index is 11.7. The molecule has 1 aliphatic rings. The Kier molecular flexibility index (Phi) is 5.01. The van der Waals surface area contributed by atoms with Crippen LogP contribution < -0.4 is 10.6 Å². The predicted molar refractivity (Wildman–Crippen MR) is 66.7 cm³/mol. The molecular formula is C9H14N2O3S2. The van der Waals surface area contributed by atoms with Crippen LogP contribution in [0.4, 0.5) is 0 Å². The molecule has 1 fully saturated rings. The average molecular weight is 262 g/mol. The van der Waals surface area contributed by atoms with Gasteiger partial charge >= 0.3 is 5.97 Å². The van der Waals surface area contributed by atoms with Crippen LogP contribution >= 0.6 is 24.0 Å². The first-order valence-electron chi connectivity index (χ1n) is 4.86. The van der Waals surface area contributed by atoms with Gasteiger partial charge in [-0.3, -0.25) is 4.79 Å². The molecular weight excluding hydrogens is 248 g/mol. The van der Waals surface area contributed by atoms with Gasteiger partial charge in [0.15, 0.2) is 0 Å². The van der Waals surface area contributed by atoms with E-state index in [1.165, 1.54) is 11.8 Å². The Morgan fingerprint density at radius 1 is 1.75 bits per heavy atom. The van der Waals surface area contributed by atoms with Gasteiger partial charge in [-0.15, -0.1) is 0 Å². The third-order valence-corrected chi connectivity index (χ3v) is 3.25. The van der Waals surface area contributed by atoms with Crippen LogP contribution in [0.5, 0.6) is 0 Å². The first-order chi connectivity index (χ1) is 7.54. The van der Waals surface area contributed by atoms with Crippen molar-refractivity contribution in [1.82, 2.24) is 10.6 Å². The molecule has 1 heterocycles. The van der Waals surface area contributed by atoms with Crippen molar-refractivity contribution in [2.75, 3.05) is 12.0 Å². The van der Waals surface area contributed by atoms with E-state index in [9.17, 15) is 9.59 Å². The second-order valence-corrected chi connectivity index (χ2v) is 4.92. The maximum Gasteiger partial charge on any atom is 0.327 e. The Bertz CT molecular complexity index is 309. The molecule has 16 heavy (non-hydrogen) atoms. The van der Waals surface area contributed by atoms with Crippen molar-refractivity contribution in [1.29, 1.82) is 0 Å². The van der Waals surface area contributed by atoms with E-state index in [2.05, 4.69) is 10.6 Å². The van der Waals surface area contributed by atoms with Crippen molar-refractivity contribution in [2.45, 2.75) is 24.9 Å². The number of thioether (sulfide) groups is 1. The van der Waals surface area contributed by atoms with Crippen LogP contribution in [0, 0.1) is 0 Å². The lowest BCUT2D eigenvalue weighted by molar-refractivity contribution is -0.141. The topological polar surface area (TPSA) is 78.4 Å². The van der Waals surface area contributed by atoms with Gasteiger partial charge in [0.25, 0.3) is 0 Å². The monoisotopic (exact) mass is 262 g/mol. The summed E-state index contributed by atoms with van der Waals surface area (Å²) in [6.45, 7) is 0. The Morgan fingerprint density at radius 3 is 2.88 bits per heavy atom. The van der Waals surface area contributed by atoms with E-state index in [0.717, 1.165) is 0 Å². The van der Waals surface area contributed by atoms with Gasteiger partial charge in [-0.1, -0.05) is 12.2 Å². The summed E-state index contributed by atoms with van der Waals surface area (Å²) < 4.78 is 0. The van der Waals surface area contributed by atoms with E-state index in [1.54, 1.807) is 6.26 Å². The second kappa shape index (κ2) is 6.05. The third-order valence-electron chi connectivity index (χ3n) is 2.26. The Morgan fingerprint density at radius 2 is 2.44 bits per heavy atom. The fourth-order valence-corrected chi connectivity index (χ4v) is 2.24. The van der Waals surface area contributed by atoms with Gasteiger partial charge in [-0.25, -0.2) is 4.79 Å². The molecule has 0 unspecified atom stereocenters. The molecule has 0 saturated carbocycles. The number of nitrogens with one attached hydrogen (secondary N) is 2. The van der Waals surface area contributed by atoms with Gasteiger partial charge in [0.05, 0.1) is 4.99 Å². The SMILES string of the molecule is CSC[C@H](NC(=O)[C@H]1CCC(=S)N1)C(=O)O. The zero-order valence-corrected chi connectivity index (χ0v) is 10.5. The Balaban J connectivity index is 2.48. The number of amides is 1. The second-order valence-electron chi connectivity index (χ2n) is 3.51. The smallest absolute Gasteiger partial charge is 0.327 e. The van der Waals surface area contributed by atoms with Crippen molar-refractivity contribution in [3.8, 4) is 0 Å². The normalized spacial score (nSPS) is 21.3. The van der Waals surface area contributed by atoms with Crippen LogP contribution in [0.25, 0.3) is 0 Å². The van der Waals surface area contributed by atoms with Gasteiger partial charge in [0, 0.05) is 12.2 Å². The van der Waals surface area contributed by atoms with E-state index in [-0.39, 0.29) is 11.9 Å². The molecule has 0 spiro atoms. The van der Waals surface area contributed by atoms with Crippen molar-refractivity contribution >= 4 is 40.8 Å². The largest absolute Gasteiger partial charge is 0.480 e. The molecule has 1 saturated heterocycles. The van der Waals surface area contributed by atoms with Crippen molar-refractivity contribution < 1.29 is 14.7 Å². The summed E-state index contributed by atoms with van der Waals surface area (Å²) >= 11 is 6.30. The number of carboxylic acids is 1. The minimum Gasteiger partial charge on any atom is -0.480 e. The van der Waals surface area contributed by atoms with Crippen LogP contribution in [-0.4, -0.2) is 46.1 Å². The van der Waals surface area contributed by atoms with Crippen LogP contribution in [0.15, 0.2) is 0 Å². The van der Waals surface area contributed by atoms with E-state index in [4.69, 9.17) is 17.3 Å². The number of hydrogen-bond donors (Lipinski definition) is 3. The fourth-order valence-electron chi connectivity index (χ4n) is 1.42. The molecule has 0 aromatic heterocycles. The van der Waals surface area contributed by atoms with Gasteiger partial charge in [-0.2, -0.15) is 11.8 Å². The highest BCUT2D eigenvalue weighted by molar-refractivity contribution is 7.98. The van der Waals surface area contributed by atoms with Gasteiger partial charge in [0.1, 0.15) is 12.1 Å². The standard InChI is InChI=1S/C9H14N2O3S2/c1-16-4-6(9(13)14)11-8(12)5-2-3-7(15)10-5/h5-6H,2-4H2,1H3,(H,10,15)(H,11,12)(H,13,14)/t5-,6+/m1/s1. The summed E-state index contributed by atoms with van der Waals surface area (Å²) in [6.07, 6.45) is 3.12. The molecule has 5 nitrogen and oxygen atoms in total. The Labute approximate surface area is 103 Å². The summed E-state index contributed by atoms with van der Waals surface area (Å²) in [5.41, 5.74) is 0. The van der Waals surface area contributed by atoms with Gasteiger partial charge in [-0.05, 0) is 12.7 Å². The highest BCUT2D eigenvalue weighted by Gasteiger charge is 2.28. The number of hydrogen-bond acceptors (Lipinski definition) is 4. The lowest BCUT2D eigenvalue weighted by Gasteiger charge is -2.16. The van der Waals surface area contributed by atoms with E-state index in [1.807, 2.05) is 0 Å².